The fourth-order valence-corrected chi connectivity index (χ4v) is 2.80. The van der Waals surface area contributed by atoms with Crippen LogP contribution >= 0.6 is 9.24 Å². The normalized spacial score (nSPS) is 15.7. The summed E-state index contributed by atoms with van der Waals surface area (Å²) in [5.74, 6) is -6.50. The molecule has 0 aliphatic carbocycles. The number of carbonyl (C=O) groups is 2. The van der Waals surface area contributed by atoms with Gasteiger partial charge in [-0.05, 0) is 18.2 Å². The van der Waals surface area contributed by atoms with Gasteiger partial charge in [0.25, 0.3) is 0 Å². The van der Waals surface area contributed by atoms with E-state index < -0.39 is 56.6 Å². The topological polar surface area (TPSA) is 97.7 Å². The lowest BCUT2D eigenvalue weighted by Gasteiger charge is -2.27. The highest BCUT2D eigenvalue weighted by Crippen LogP contribution is 2.33. The molecule has 0 bridgehead atoms. The molecule has 3 unspecified atom stereocenters. The first-order chi connectivity index (χ1) is 10.3. The van der Waals surface area contributed by atoms with E-state index in [4.69, 9.17) is 15.7 Å². The number of ether oxygens (including phenoxy) is 1. The Hall–Kier alpha value is -0.880. The molecular formula is C12H18B2FO6PS. The molecule has 6 nitrogen and oxygen atoms in total. The van der Waals surface area contributed by atoms with Gasteiger partial charge in [0, 0.05) is 18.6 Å². The number of allylic oxidation sites excluding steroid dienone is 1. The van der Waals surface area contributed by atoms with Crippen LogP contribution in [0.1, 0.15) is 13.3 Å². The third kappa shape index (κ3) is 7.97. The van der Waals surface area contributed by atoms with Crippen molar-refractivity contribution in [3.05, 3.63) is 11.8 Å². The van der Waals surface area contributed by atoms with Gasteiger partial charge in [0.15, 0.2) is 5.76 Å². The Morgan fingerprint density at radius 2 is 1.96 bits per heavy atom. The van der Waals surface area contributed by atoms with E-state index in [0.717, 1.165) is 12.3 Å². The number of aliphatic hydroxyl groups excluding tert-OH is 1. The summed E-state index contributed by atoms with van der Waals surface area (Å²) in [4.78, 5) is 23.3. The average Bonchev–Trinajstić information content (AvgIpc) is 2.36. The van der Waals surface area contributed by atoms with Crippen LogP contribution in [0.2, 0.25) is 5.21 Å². The molecule has 126 valence electrons. The highest BCUT2D eigenvalue weighted by atomic mass is 32.2. The van der Waals surface area contributed by atoms with Gasteiger partial charge in [-0.25, -0.2) is 17.6 Å². The van der Waals surface area contributed by atoms with Crippen molar-refractivity contribution >= 4 is 46.5 Å². The number of esters is 1. The molecule has 0 aromatic carbocycles. The molecule has 0 fully saturated rings. The van der Waals surface area contributed by atoms with Gasteiger partial charge in [0.1, 0.15) is 21.5 Å². The Kier molecular flexibility index (Phi) is 8.49. The molecule has 11 heteroatoms. The molecular weight excluding hydrogens is 344 g/mol. The minimum Gasteiger partial charge on any atom is -0.502 e. The number of hydrogen-bond donors (Lipinski definition) is 1. The molecule has 0 aromatic rings. The summed E-state index contributed by atoms with van der Waals surface area (Å²) >= 11 is 0. The van der Waals surface area contributed by atoms with Crippen molar-refractivity contribution in [2.45, 2.75) is 24.5 Å². The summed E-state index contributed by atoms with van der Waals surface area (Å²) in [7, 11) is 8.81. The van der Waals surface area contributed by atoms with E-state index in [0.29, 0.717) is 0 Å². The molecule has 4 radical (unpaired) electrons. The molecule has 0 heterocycles. The zero-order chi connectivity index (χ0) is 18.4. The molecule has 0 aliphatic heterocycles. The number of sulfone groups is 1. The van der Waals surface area contributed by atoms with Gasteiger partial charge in [-0.15, -0.1) is 9.24 Å². The van der Waals surface area contributed by atoms with Crippen molar-refractivity contribution in [1.82, 2.24) is 0 Å². The summed E-state index contributed by atoms with van der Waals surface area (Å²) in [6.45, 7) is 1.51. The Morgan fingerprint density at radius 3 is 2.35 bits per heavy atom. The first-order valence-corrected chi connectivity index (χ1v) is 9.30. The maximum absolute atomic E-state index is 13.2. The smallest absolute Gasteiger partial charge is 0.373 e. The van der Waals surface area contributed by atoms with Crippen molar-refractivity contribution in [3.8, 4) is 0 Å². The van der Waals surface area contributed by atoms with Gasteiger partial charge in [-0.1, -0.05) is 0 Å². The van der Waals surface area contributed by atoms with Crippen LogP contribution in [0.3, 0.4) is 0 Å². The van der Waals surface area contributed by atoms with E-state index in [1.165, 1.54) is 6.92 Å². The minimum atomic E-state index is -3.56. The highest BCUT2D eigenvalue weighted by molar-refractivity contribution is 7.90. The number of ketones is 1. The van der Waals surface area contributed by atoms with Crippen molar-refractivity contribution in [1.29, 1.82) is 0 Å². The Labute approximate surface area is 140 Å². The summed E-state index contributed by atoms with van der Waals surface area (Å²) in [5, 5.41) is 7.26. The third-order valence-corrected chi connectivity index (χ3v) is 4.37. The summed E-state index contributed by atoms with van der Waals surface area (Å²) in [5.41, 5.74) is 0. The lowest BCUT2D eigenvalue weighted by molar-refractivity contribution is -0.141. The molecule has 0 amide bonds. The molecule has 0 aromatic heterocycles. The van der Waals surface area contributed by atoms with Crippen LogP contribution in [0.15, 0.2) is 11.8 Å². The van der Waals surface area contributed by atoms with Gasteiger partial charge in [-0.2, -0.15) is 0 Å². The van der Waals surface area contributed by atoms with Crippen molar-refractivity contribution < 1.29 is 32.2 Å². The van der Waals surface area contributed by atoms with Crippen LogP contribution in [-0.4, -0.2) is 65.5 Å². The van der Waals surface area contributed by atoms with Gasteiger partial charge < -0.3 is 14.6 Å². The maximum Gasteiger partial charge on any atom is 0.373 e. The van der Waals surface area contributed by atoms with Crippen LogP contribution < -0.4 is 0 Å². The predicted molar refractivity (Wildman–Crippen MR) is 89.0 cm³/mol. The summed E-state index contributed by atoms with van der Waals surface area (Å²) < 4.78 is 40.6. The van der Waals surface area contributed by atoms with Crippen LogP contribution in [0.5, 0.6) is 0 Å². The lowest BCUT2D eigenvalue weighted by Crippen LogP contribution is -2.33. The monoisotopic (exact) mass is 362 g/mol. The van der Waals surface area contributed by atoms with Gasteiger partial charge in [0.2, 0.25) is 0 Å². The van der Waals surface area contributed by atoms with Crippen molar-refractivity contribution in [2.24, 2.45) is 5.92 Å². The molecule has 0 spiro atoms. The van der Waals surface area contributed by atoms with E-state index in [2.05, 4.69) is 4.74 Å². The number of Topliss-reactive ketones (excluding diaryl/α,β-unsaturated/α-hetero) is 1. The zero-order valence-corrected chi connectivity index (χ0v) is 14.8. The van der Waals surface area contributed by atoms with Gasteiger partial charge in [-0.3, -0.25) is 0 Å². The standard InChI is InChI=1S/C12H18B2FO6PS/c1-3-21-10(18)8(16)4-7(6-23(2,19)20)5-9(17)12(13,14)11(15)22/h4,7,11,16H,3,5-6,22H2,1-2H3. The zero-order valence-electron chi connectivity index (χ0n) is 12.9. The van der Waals surface area contributed by atoms with E-state index in [1.54, 1.807) is 9.24 Å². The van der Waals surface area contributed by atoms with Crippen molar-refractivity contribution in [2.75, 3.05) is 18.6 Å². The minimum absolute atomic E-state index is 0.00227. The number of rotatable bonds is 9. The number of aliphatic hydroxyl groups is 1. The second kappa shape index (κ2) is 8.83. The Balaban J connectivity index is 5.37. The number of halogens is 1. The largest absolute Gasteiger partial charge is 0.502 e. The number of carbonyl (C=O) groups excluding carboxylic acids is 2. The first-order valence-electron chi connectivity index (χ1n) is 6.57. The summed E-state index contributed by atoms with van der Waals surface area (Å²) in [6.07, 6.45) is 1.20. The van der Waals surface area contributed by atoms with E-state index in [1.807, 2.05) is 0 Å². The van der Waals surface area contributed by atoms with Crippen molar-refractivity contribution in [3.63, 3.8) is 0 Å². The van der Waals surface area contributed by atoms with Crippen LogP contribution in [0, 0.1) is 5.92 Å². The molecule has 0 rings (SSSR count). The van der Waals surface area contributed by atoms with Crippen LogP contribution in [-0.2, 0) is 24.2 Å². The van der Waals surface area contributed by atoms with E-state index >= 15 is 0 Å². The molecule has 3 atom stereocenters. The highest BCUT2D eigenvalue weighted by Gasteiger charge is 2.34. The second-order valence-corrected chi connectivity index (χ2v) is 7.86. The molecule has 0 saturated heterocycles. The fourth-order valence-electron chi connectivity index (χ4n) is 1.62. The van der Waals surface area contributed by atoms with E-state index in [9.17, 15) is 27.5 Å². The average molecular weight is 362 g/mol. The Bertz CT molecular complexity index is 576. The Morgan fingerprint density at radius 1 is 1.43 bits per heavy atom. The first kappa shape index (κ1) is 22.1. The summed E-state index contributed by atoms with van der Waals surface area (Å²) in [6, 6.07) is 0. The molecule has 23 heavy (non-hydrogen) atoms. The number of alkyl halides is 1. The second-order valence-electron chi connectivity index (χ2n) is 5.09. The quantitative estimate of drug-likeness (QED) is 0.208. The molecule has 0 saturated carbocycles. The number of hydrogen-bond acceptors (Lipinski definition) is 6. The molecule has 0 aliphatic rings. The van der Waals surface area contributed by atoms with Crippen LogP contribution in [0.25, 0.3) is 0 Å². The third-order valence-electron chi connectivity index (χ3n) is 2.78. The van der Waals surface area contributed by atoms with E-state index in [-0.39, 0.29) is 6.61 Å². The van der Waals surface area contributed by atoms with Gasteiger partial charge in [0.05, 0.1) is 28.1 Å². The van der Waals surface area contributed by atoms with Crippen LogP contribution in [0.4, 0.5) is 4.39 Å². The molecule has 1 N–H and O–H groups in total. The fraction of sp³-hybridized carbons (Fsp3) is 0.667. The van der Waals surface area contributed by atoms with Gasteiger partial charge >= 0.3 is 5.97 Å². The maximum atomic E-state index is 13.2. The predicted octanol–water partition coefficient (Wildman–Crippen LogP) is 0.235. The lowest BCUT2D eigenvalue weighted by atomic mass is 9.52. The SMILES string of the molecule is [B]C([B])(C(=O)CC(C=C(O)C(=O)OCC)CS(C)(=O)=O)C(F)P.